The predicted molar refractivity (Wildman–Crippen MR) is 189 cm³/mol. The molecule has 296 valence electrons. The summed E-state index contributed by atoms with van der Waals surface area (Å²) in [7, 11) is 0. The minimum atomic E-state index is -0.434. The predicted octanol–water partition coefficient (Wildman–Crippen LogP) is 6.02. The third kappa shape index (κ3) is 10.9. The fourth-order valence-electron chi connectivity index (χ4n) is 8.60. The molecule has 0 radical (unpaired) electrons. The Morgan fingerprint density at radius 3 is 0.712 bits per heavy atom. The first-order chi connectivity index (χ1) is 24.7. The summed E-state index contributed by atoms with van der Waals surface area (Å²) in [6, 6.07) is 0. The van der Waals surface area contributed by atoms with Crippen molar-refractivity contribution in [2.45, 2.75) is 206 Å². The zero-order valence-corrected chi connectivity index (χ0v) is 32.6. The summed E-state index contributed by atoms with van der Waals surface area (Å²) < 4.78 is 48.4. The van der Waals surface area contributed by atoms with Crippen LogP contribution in [0.1, 0.15) is 132 Å². The van der Waals surface area contributed by atoms with Gasteiger partial charge in [-0.05, 0) is 107 Å². The van der Waals surface area contributed by atoms with Crippen molar-refractivity contribution in [1.29, 1.82) is 0 Å². The van der Waals surface area contributed by atoms with Crippen molar-refractivity contribution in [3.8, 4) is 0 Å². The van der Waals surface area contributed by atoms with Crippen LogP contribution in [0.4, 0.5) is 0 Å². The Morgan fingerprint density at radius 1 is 0.327 bits per heavy atom. The maximum absolute atomic E-state index is 13.1. The molecule has 12 nitrogen and oxygen atoms in total. The van der Waals surface area contributed by atoms with E-state index in [2.05, 4.69) is 0 Å². The topological polar surface area (TPSA) is 142 Å². The average molecular weight is 737 g/mol. The molecule has 0 aromatic heterocycles. The molecule has 5 fully saturated rings. The first-order valence-electron chi connectivity index (χ1n) is 20.1. The van der Waals surface area contributed by atoms with Crippen LogP contribution in [0.2, 0.25) is 0 Å². The van der Waals surface area contributed by atoms with Crippen LogP contribution in [0.5, 0.6) is 0 Å². The molecule has 16 atom stereocenters. The molecular weight excluding hydrogens is 672 g/mol. The number of rotatable bonds is 0. The maximum atomic E-state index is 13.1. The Labute approximate surface area is 309 Å². The molecule has 5 saturated heterocycles. The lowest BCUT2D eigenvalue weighted by molar-refractivity contribution is -0.161. The van der Waals surface area contributed by atoms with Gasteiger partial charge in [0.25, 0.3) is 0 Å². The van der Waals surface area contributed by atoms with Crippen LogP contribution in [-0.4, -0.2) is 97.1 Å². The molecule has 8 bridgehead atoms. The summed E-state index contributed by atoms with van der Waals surface area (Å²) in [6.07, 6.45) is 5.22. The van der Waals surface area contributed by atoms with Crippen LogP contribution in [0.3, 0.4) is 0 Å². The van der Waals surface area contributed by atoms with Crippen LogP contribution >= 0.6 is 0 Å². The number of ether oxygens (including phenoxy) is 8. The quantitative estimate of drug-likeness (QED) is 0.212. The first-order valence-corrected chi connectivity index (χ1v) is 20.1. The Kier molecular flexibility index (Phi) is 14.4. The highest BCUT2D eigenvalue weighted by Crippen LogP contribution is 2.34. The molecule has 0 aromatic rings. The summed E-state index contributed by atoms with van der Waals surface area (Å²) in [5.41, 5.74) is 0. The second kappa shape index (κ2) is 18.4. The molecule has 5 heterocycles. The number of hydrogen-bond acceptors (Lipinski definition) is 12. The molecule has 0 N–H and O–H groups in total. The van der Waals surface area contributed by atoms with Gasteiger partial charge in [0.1, 0.15) is 24.4 Å². The van der Waals surface area contributed by atoms with Crippen molar-refractivity contribution in [2.75, 3.05) is 0 Å². The lowest BCUT2D eigenvalue weighted by Crippen LogP contribution is -2.34. The fourth-order valence-corrected chi connectivity index (χ4v) is 8.60. The molecule has 0 saturated carbocycles. The van der Waals surface area contributed by atoms with Gasteiger partial charge in [0.15, 0.2) is 0 Å². The number of fused-ring (bicyclic) bond motifs is 8. The van der Waals surface area contributed by atoms with Gasteiger partial charge in [-0.2, -0.15) is 0 Å². The van der Waals surface area contributed by atoms with Gasteiger partial charge in [-0.3, -0.25) is 19.2 Å². The second-order valence-electron chi connectivity index (χ2n) is 16.6. The van der Waals surface area contributed by atoms with Gasteiger partial charge in [-0.15, -0.1) is 0 Å². The van der Waals surface area contributed by atoms with Gasteiger partial charge >= 0.3 is 23.9 Å². The van der Waals surface area contributed by atoms with Crippen molar-refractivity contribution < 1.29 is 57.1 Å². The second-order valence-corrected chi connectivity index (χ2v) is 16.6. The zero-order chi connectivity index (χ0) is 37.7. The van der Waals surface area contributed by atoms with Gasteiger partial charge in [-0.1, -0.05) is 0 Å². The fraction of sp³-hybridized carbons (Fsp3) is 0.900. The lowest BCUT2D eigenvalue weighted by Gasteiger charge is -2.26. The molecule has 0 aliphatic carbocycles. The van der Waals surface area contributed by atoms with Crippen LogP contribution in [0.25, 0.3) is 0 Å². The first kappa shape index (κ1) is 40.9. The summed E-state index contributed by atoms with van der Waals surface area (Å²) >= 11 is 0. The number of carbonyl (C=O) groups excluding carboxylic acids is 4. The highest BCUT2D eigenvalue weighted by atomic mass is 16.6. The minimum Gasteiger partial charge on any atom is -0.462 e. The molecule has 52 heavy (non-hydrogen) atoms. The molecule has 0 spiro atoms. The van der Waals surface area contributed by atoms with Crippen molar-refractivity contribution >= 4 is 23.9 Å². The Bertz CT molecular complexity index is 1040. The van der Waals surface area contributed by atoms with E-state index in [1.807, 2.05) is 55.4 Å². The highest BCUT2D eigenvalue weighted by molar-refractivity contribution is 5.74. The molecule has 0 aromatic carbocycles. The SMILES string of the molecule is C[C@@H]1C[C@@H]2CC[C@@H](O2)[C@@H](C)C(=O)O[C@@H](C)C[C@H]2CC[C@H](O2)[C@@H](C)C(=O)O[C@H](C)C[C@@H]2CC[C@@H](O2)[C@@H](C)C(=O)O[C@@H](C)C[C@H]2CC[C@H](O2)[C@@H](C)C(=O)O1. The van der Waals surface area contributed by atoms with Crippen LogP contribution < -0.4 is 0 Å². The van der Waals surface area contributed by atoms with Gasteiger partial charge in [-0.25, -0.2) is 0 Å². The van der Waals surface area contributed by atoms with E-state index in [9.17, 15) is 19.2 Å². The number of cyclic esters (lactones) is 4. The number of carbonyl (C=O) groups is 4. The van der Waals surface area contributed by atoms with E-state index in [0.29, 0.717) is 25.7 Å². The van der Waals surface area contributed by atoms with Crippen molar-refractivity contribution in [3.63, 3.8) is 0 Å². The molecule has 0 amide bonds. The largest absolute Gasteiger partial charge is 0.462 e. The van der Waals surface area contributed by atoms with Crippen molar-refractivity contribution in [3.05, 3.63) is 0 Å². The molecule has 12 heteroatoms. The molecule has 5 aliphatic rings. The van der Waals surface area contributed by atoms with E-state index in [0.717, 1.165) is 51.4 Å². The van der Waals surface area contributed by atoms with E-state index in [1.54, 1.807) is 0 Å². The molecule has 0 unspecified atom stereocenters. The van der Waals surface area contributed by atoms with Gasteiger partial charge in [0.2, 0.25) is 0 Å². The molecular formula is C40H64O12. The molecule has 5 aliphatic heterocycles. The summed E-state index contributed by atoms with van der Waals surface area (Å²) in [6.45, 7) is 14.9. The van der Waals surface area contributed by atoms with E-state index in [1.165, 1.54) is 0 Å². The van der Waals surface area contributed by atoms with Crippen LogP contribution in [0, 0.1) is 23.7 Å². The monoisotopic (exact) mass is 736 g/mol. The van der Waals surface area contributed by atoms with Crippen LogP contribution in [0.15, 0.2) is 0 Å². The summed E-state index contributed by atoms with van der Waals surface area (Å²) in [4.78, 5) is 52.4. The van der Waals surface area contributed by atoms with Crippen LogP contribution in [-0.2, 0) is 57.1 Å². The lowest BCUT2D eigenvalue weighted by atomic mass is 10.00. The smallest absolute Gasteiger partial charge is 0.311 e. The minimum absolute atomic E-state index is 0.119. The summed E-state index contributed by atoms with van der Waals surface area (Å²) in [5.74, 6) is -2.93. The molecule has 5 rings (SSSR count). The summed E-state index contributed by atoms with van der Waals surface area (Å²) in [5, 5.41) is 0. The van der Waals surface area contributed by atoms with E-state index >= 15 is 0 Å². The van der Waals surface area contributed by atoms with Gasteiger partial charge in [0.05, 0.1) is 72.5 Å². The highest BCUT2D eigenvalue weighted by Gasteiger charge is 2.41. The van der Waals surface area contributed by atoms with Crippen molar-refractivity contribution in [2.24, 2.45) is 23.7 Å². The Balaban J connectivity index is 1.19. The van der Waals surface area contributed by atoms with Crippen molar-refractivity contribution in [1.82, 2.24) is 0 Å². The van der Waals surface area contributed by atoms with E-state index in [4.69, 9.17) is 37.9 Å². The Hall–Kier alpha value is -2.28. The number of esters is 4. The Morgan fingerprint density at radius 2 is 0.519 bits per heavy atom. The maximum Gasteiger partial charge on any atom is 0.311 e. The standard InChI is InChI=1S/C40H64O12/c1-21-17-29-9-13-34(49-29)26(6)38(42)46-23(3)19-31-11-15-36(51-31)28(8)40(44)48-24(4)20-32-12-16-35(52-32)27(7)39(43)47-22(2)18-30-10-14-33(50-30)25(5)37(41)45-21/h21-36H,9-20H2,1-8H3/t21-,22+,23+,24-,25-,26-,27-,28-,29+,30-,31-,32+,33+,34-,35-,36+/m1/s1. The average Bonchev–Trinajstić information content (AvgIpc) is 3.91. The van der Waals surface area contributed by atoms with Gasteiger partial charge < -0.3 is 37.9 Å². The normalized spacial score (nSPS) is 45.2. The number of hydrogen-bond donors (Lipinski definition) is 0. The third-order valence-electron chi connectivity index (χ3n) is 11.9. The van der Waals surface area contributed by atoms with E-state index in [-0.39, 0.29) is 97.1 Å². The van der Waals surface area contributed by atoms with Gasteiger partial charge in [0, 0.05) is 25.7 Å². The third-order valence-corrected chi connectivity index (χ3v) is 11.9. The zero-order valence-electron chi connectivity index (χ0n) is 32.6. The van der Waals surface area contributed by atoms with E-state index < -0.39 is 23.7 Å².